The summed E-state index contributed by atoms with van der Waals surface area (Å²) in [6.07, 6.45) is 0.785. The molecule has 0 spiro atoms. The van der Waals surface area contributed by atoms with Crippen LogP contribution in [0.3, 0.4) is 0 Å². The standard InChI is InChI=1S/C30H28N2O7S2/c1-3-38-20(33)13-39-19-7-5-4-6-16(19)21-22-17-12-18(25(22)40-27-26(21)41-30(36)31-27)24-23(17)28(34)32(29(24)35)14-8-10-15(37-2)11-9-14/h4-11,17-18,21-25H,3,12-13H2,1-2H3,(H,31,36)/t17-,18-,21-,22?,23?,24?,25?/m1/s1. The number of amides is 2. The first-order valence-electron chi connectivity index (χ1n) is 13.7. The van der Waals surface area contributed by atoms with E-state index in [1.807, 2.05) is 24.3 Å². The van der Waals surface area contributed by atoms with Crippen LogP contribution in [0.15, 0.2) is 58.4 Å². The summed E-state index contributed by atoms with van der Waals surface area (Å²) < 4.78 is 16.3. The summed E-state index contributed by atoms with van der Waals surface area (Å²) in [5.41, 5.74) is 1.43. The molecule has 4 aliphatic rings. The Bertz CT molecular complexity index is 1600. The first kappa shape index (κ1) is 26.3. The van der Waals surface area contributed by atoms with Gasteiger partial charge in [0, 0.05) is 21.6 Å². The van der Waals surface area contributed by atoms with Crippen molar-refractivity contribution in [1.29, 1.82) is 0 Å². The molecular weight excluding hydrogens is 564 g/mol. The number of imide groups is 1. The van der Waals surface area contributed by atoms with Gasteiger partial charge in [-0.1, -0.05) is 29.5 Å². The highest BCUT2D eigenvalue weighted by atomic mass is 32.2. The highest BCUT2D eigenvalue weighted by Gasteiger charge is 2.69. The summed E-state index contributed by atoms with van der Waals surface area (Å²) in [7, 11) is 1.57. The van der Waals surface area contributed by atoms with Crippen LogP contribution in [-0.4, -0.2) is 48.3 Å². The predicted molar refractivity (Wildman–Crippen MR) is 153 cm³/mol. The van der Waals surface area contributed by atoms with Crippen LogP contribution < -0.4 is 19.2 Å². The SMILES string of the molecule is CCOC(=O)COc1ccccc1[C@H]1c2sc(=O)[nH]c2SC2C1[C@H]1C[C@@H]2C2C(=O)N(c3ccc(OC)cc3)C(=O)C21. The molecule has 0 radical (unpaired) electrons. The maximum atomic E-state index is 14.0. The van der Waals surface area contributed by atoms with Crippen LogP contribution in [0.4, 0.5) is 5.69 Å². The van der Waals surface area contributed by atoms with Crippen LogP contribution in [0.1, 0.15) is 29.7 Å². The molecule has 3 heterocycles. The quantitative estimate of drug-likeness (QED) is 0.323. The number of fused-ring (bicyclic) bond motifs is 9. The molecule has 212 valence electrons. The lowest BCUT2D eigenvalue weighted by molar-refractivity contribution is -0.145. The molecule has 2 aliphatic carbocycles. The van der Waals surface area contributed by atoms with Crippen molar-refractivity contribution in [2.24, 2.45) is 29.6 Å². The van der Waals surface area contributed by atoms with Gasteiger partial charge in [0.1, 0.15) is 11.5 Å². The van der Waals surface area contributed by atoms with E-state index in [2.05, 4.69) is 4.98 Å². The Morgan fingerprint density at radius 2 is 1.76 bits per heavy atom. The molecule has 3 fully saturated rings. The molecule has 2 amide bonds. The summed E-state index contributed by atoms with van der Waals surface area (Å²) in [4.78, 5) is 57.6. The molecule has 3 aromatic rings. The number of anilines is 1. The average molecular weight is 593 g/mol. The fourth-order valence-corrected chi connectivity index (χ4v) is 10.4. The minimum atomic E-state index is -0.456. The molecule has 1 aromatic heterocycles. The normalized spacial score (nSPS) is 29.2. The second-order valence-corrected chi connectivity index (χ2v) is 13.0. The number of esters is 1. The van der Waals surface area contributed by atoms with Gasteiger partial charge in [-0.2, -0.15) is 0 Å². The van der Waals surface area contributed by atoms with Crippen LogP contribution in [0.25, 0.3) is 0 Å². The number of para-hydroxylation sites is 1. The Morgan fingerprint density at radius 3 is 2.49 bits per heavy atom. The minimum Gasteiger partial charge on any atom is -0.497 e. The average Bonchev–Trinajstić information content (AvgIpc) is 3.71. The third-order valence-electron chi connectivity index (χ3n) is 8.96. The van der Waals surface area contributed by atoms with E-state index < -0.39 is 11.9 Å². The van der Waals surface area contributed by atoms with E-state index in [1.54, 1.807) is 50.1 Å². The molecule has 4 unspecified atom stereocenters. The fourth-order valence-electron chi connectivity index (χ4n) is 7.56. The Hall–Kier alpha value is -3.57. The van der Waals surface area contributed by atoms with Gasteiger partial charge in [-0.25, -0.2) is 4.79 Å². The lowest BCUT2D eigenvalue weighted by Crippen LogP contribution is -2.42. The number of hydrogen-bond donors (Lipinski definition) is 1. The van der Waals surface area contributed by atoms with Crippen LogP contribution in [0.2, 0.25) is 0 Å². The maximum Gasteiger partial charge on any atom is 0.344 e. The number of thiazole rings is 1. The van der Waals surface area contributed by atoms with Crippen molar-refractivity contribution in [3.63, 3.8) is 0 Å². The molecule has 1 N–H and O–H groups in total. The number of carbonyl (C=O) groups excluding carboxylic acids is 3. The van der Waals surface area contributed by atoms with E-state index in [0.717, 1.165) is 21.9 Å². The van der Waals surface area contributed by atoms with Crippen molar-refractivity contribution in [1.82, 2.24) is 4.98 Å². The zero-order chi connectivity index (χ0) is 28.4. The van der Waals surface area contributed by atoms with Crippen LogP contribution >= 0.6 is 23.1 Å². The predicted octanol–water partition coefficient (Wildman–Crippen LogP) is 4.06. The zero-order valence-corrected chi connectivity index (χ0v) is 24.0. The van der Waals surface area contributed by atoms with Gasteiger partial charge in [-0.15, -0.1) is 11.8 Å². The molecule has 9 nitrogen and oxygen atoms in total. The highest BCUT2D eigenvalue weighted by Crippen LogP contribution is 2.69. The lowest BCUT2D eigenvalue weighted by atomic mass is 9.68. The van der Waals surface area contributed by atoms with Gasteiger partial charge < -0.3 is 19.2 Å². The Kier molecular flexibility index (Phi) is 6.46. The van der Waals surface area contributed by atoms with Crippen molar-refractivity contribution < 1.29 is 28.6 Å². The molecule has 2 saturated carbocycles. The Balaban J connectivity index is 1.27. The summed E-state index contributed by atoms with van der Waals surface area (Å²) in [6.45, 7) is 1.78. The van der Waals surface area contributed by atoms with Gasteiger partial charge >= 0.3 is 10.8 Å². The number of aromatic amines is 1. The van der Waals surface area contributed by atoms with Crippen molar-refractivity contribution in [2.45, 2.75) is 29.5 Å². The van der Waals surface area contributed by atoms with Gasteiger partial charge in [0.15, 0.2) is 6.61 Å². The molecule has 41 heavy (non-hydrogen) atoms. The van der Waals surface area contributed by atoms with Gasteiger partial charge in [0.25, 0.3) is 0 Å². The van der Waals surface area contributed by atoms with E-state index in [9.17, 15) is 19.2 Å². The molecule has 1 saturated heterocycles. The first-order valence-corrected chi connectivity index (χ1v) is 15.4. The number of aromatic nitrogens is 1. The Morgan fingerprint density at radius 1 is 1.02 bits per heavy atom. The highest BCUT2D eigenvalue weighted by molar-refractivity contribution is 8.00. The van der Waals surface area contributed by atoms with E-state index in [0.29, 0.717) is 17.2 Å². The second kappa shape index (κ2) is 10.1. The summed E-state index contributed by atoms with van der Waals surface area (Å²) >= 11 is 2.82. The number of thioether (sulfide) groups is 1. The number of nitrogens with zero attached hydrogens (tertiary/aromatic N) is 1. The Labute approximate surface area is 244 Å². The summed E-state index contributed by atoms with van der Waals surface area (Å²) in [5, 5.41) is 0.869. The number of hydrogen-bond acceptors (Lipinski definition) is 9. The van der Waals surface area contributed by atoms with Crippen molar-refractivity contribution in [3.8, 4) is 11.5 Å². The fraction of sp³-hybridized carbons (Fsp3) is 0.400. The van der Waals surface area contributed by atoms with Crippen LogP contribution in [-0.2, 0) is 19.1 Å². The monoisotopic (exact) mass is 592 g/mol. The topological polar surface area (TPSA) is 115 Å². The molecule has 7 atom stereocenters. The van der Waals surface area contributed by atoms with Gasteiger partial charge in [0.05, 0.1) is 36.3 Å². The number of H-pyrrole nitrogens is 1. The van der Waals surface area contributed by atoms with Crippen molar-refractivity contribution >= 4 is 46.6 Å². The van der Waals surface area contributed by atoms with Gasteiger partial charge in [-0.05, 0) is 61.4 Å². The van der Waals surface area contributed by atoms with E-state index >= 15 is 0 Å². The molecule has 2 aromatic carbocycles. The smallest absolute Gasteiger partial charge is 0.344 e. The first-order chi connectivity index (χ1) is 19.9. The second-order valence-electron chi connectivity index (χ2n) is 10.8. The van der Waals surface area contributed by atoms with Crippen molar-refractivity contribution in [2.75, 3.05) is 25.2 Å². The molecule has 2 aliphatic heterocycles. The number of rotatable bonds is 7. The molecule has 7 rings (SSSR count). The van der Waals surface area contributed by atoms with E-state index in [-0.39, 0.29) is 64.7 Å². The van der Waals surface area contributed by atoms with Gasteiger partial charge in [-0.3, -0.25) is 19.3 Å². The maximum absolute atomic E-state index is 14.0. The third-order valence-corrected chi connectivity index (χ3v) is 11.5. The summed E-state index contributed by atoms with van der Waals surface area (Å²) in [5.74, 6) is -0.563. The molecule has 11 heteroatoms. The number of nitrogens with one attached hydrogen (secondary N) is 1. The number of methoxy groups -OCH3 is 1. The number of carbonyl (C=O) groups is 3. The molecule has 2 bridgehead atoms. The van der Waals surface area contributed by atoms with E-state index in [4.69, 9.17) is 14.2 Å². The largest absolute Gasteiger partial charge is 0.497 e. The number of ether oxygens (including phenoxy) is 3. The van der Waals surface area contributed by atoms with E-state index in [1.165, 1.54) is 16.2 Å². The third kappa shape index (κ3) is 4.04. The van der Waals surface area contributed by atoms with Crippen LogP contribution in [0, 0.1) is 29.6 Å². The van der Waals surface area contributed by atoms with Crippen molar-refractivity contribution in [3.05, 3.63) is 68.6 Å². The molecular formula is C30H28N2O7S2. The lowest BCUT2D eigenvalue weighted by Gasteiger charge is -2.43. The van der Waals surface area contributed by atoms with Crippen LogP contribution in [0.5, 0.6) is 11.5 Å². The van der Waals surface area contributed by atoms with Gasteiger partial charge in [0.2, 0.25) is 11.8 Å². The minimum absolute atomic E-state index is 0.00589. The number of benzene rings is 2. The summed E-state index contributed by atoms with van der Waals surface area (Å²) in [6, 6.07) is 14.6. The zero-order valence-electron chi connectivity index (χ0n) is 22.4.